The molecule has 3 aromatic heterocycles. The first-order valence-electron chi connectivity index (χ1n) is 10.9. The summed E-state index contributed by atoms with van der Waals surface area (Å²) in [6.07, 6.45) is 3.39. The number of carbonyl (C=O) groups excluding carboxylic acids is 1. The summed E-state index contributed by atoms with van der Waals surface area (Å²) in [6.45, 7) is 8.08. The van der Waals surface area contributed by atoms with E-state index in [1.165, 1.54) is 11.3 Å². The second-order valence-electron chi connectivity index (χ2n) is 8.33. The van der Waals surface area contributed by atoms with E-state index in [1.807, 2.05) is 53.0 Å². The summed E-state index contributed by atoms with van der Waals surface area (Å²) in [4.78, 5) is 22.1. The number of amides is 1. The molecule has 0 saturated carbocycles. The molecular formula is C24H27N7O. The van der Waals surface area contributed by atoms with E-state index >= 15 is 0 Å². The molecule has 1 saturated heterocycles. The van der Waals surface area contributed by atoms with Gasteiger partial charge in [-0.1, -0.05) is 30.3 Å². The predicted molar refractivity (Wildman–Crippen MR) is 122 cm³/mol. The lowest BCUT2D eigenvalue weighted by Crippen LogP contribution is -2.48. The SMILES string of the molecule is Cc1nn(C)c(C)c1CN1CCN(C(=O)c2cnn3c(-c4ccccc4)ccnc23)CC1. The molecule has 0 unspecified atom stereocenters. The highest BCUT2D eigenvalue weighted by atomic mass is 16.2. The number of aromatic nitrogens is 5. The first kappa shape index (κ1) is 20.4. The van der Waals surface area contributed by atoms with E-state index in [2.05, 4.69) is 33.9 Å². The monoisotopic (exact) mass is 429 g/mol. The van der Waals surface area contributed by atoms with E-state index in [1.54, 1.807) is 16.9 Å². The van der Waals surface area contributed by atoms with Gasteiger partial charge in [-0.25, -0.2) is 9.50 Å². The molecule has 164 valence electrons. The van der Waals surface area contributed by atoms with Crippen LogP contribution >= 0.6 is 0 Å². The fourth-order valence-electron chi connectivity index (χ4n) is 4.42. The number of rotatable bonds is 4. The Morgan fingerprint density at radius 3 is 2.47 bits per heavy atom. The molecule has 32 heavy (non-hydrogen) atoms. The third-order valence-electron chi connectivity index (χ3n) is 6.40. The van der Waals surface area contributed by atoms with Crippen molar-refractivity contribution in [1.29, 1.82) is 0 Å². The van der Waals surface area contributed by atoms with Crippen LogP contribution in [0.15, 0.2) is 48.8 Å². The maximum absolute atomic E-state index is 13.3. The first-order chi connectivity index (χ1) is 15.5. The average molecular weight is 430 g/mol. The Bertz CT molecular complexity index is 1270. The molecule has 0 bridgehead atoms. The second-order valence-corrected chi connectivity index (χ2v) is 8.33. The normalized spacial score (nSPS) is 14.9. The number of hydrogen-bond acceptors (Lipinski definition) is 5. The number of hydrogen-bond donors (Lipinski definition) is 0. The van der Waals surface area contributed by atoms with Gasteiger partial charge in [-0.3, -0.25) is 14.4 Å². The summed E-state index contributed by atoms with van der Waals surface area (Å²) >= 11 is 0. The van der Waals surface area contributed by atoms with Crippen molar-refractivity contribution in [3.63, 3.8) is 0 Å². The smallest absolute Gasteiger partial charge is 0.259 e. The highest BCUT2D eigenvalue weighted by Gasteiger charge is 2.26. The van der Waals surface area contributed by atoms with E-state index in [0.29, 0.717) is 24.3 Å². The summed E-state index contributed by atoms with van der Waals surface area (Å²) in [7, 11) is 1.98. The van der Waals surface area contributed by atoms with E-state index in [9.17, 15) is 4.79 Å². The Morgan fingerprint density at radius 1 is 1.03 bits per heavy atom. The molecule has 4 aromatic rings. The van der Waals surface area contributed by atoms with Crippen LogP contribution in [-0.2, 0) is 13.6 Å². The van der Waals surface area contributed by atoms with Gasteiger partial charge in [0.05, 0.1) is 17.6 Å². The van der Waals surface area contributed by atoms with Crippen LogP contribution in [0.2, 0.25) is 0 Å². The second kappa shape index (κ2) is 8.20. The molecule has 1 aromatic carbocycles. The van der Waals surface area contributed by atoms with E-state index < -0.39 is 0 Å². The number of aryl methyl sites for hydroxylation is 2. The summed E-state index contributed by atoms with van der Waals surface area (Å²) in [5.74, 6) is -0.00824. The van der Waals surface area contributed by atoms with Gasteiger partial charge in [-0.2, -0.15) is 10.2 Å². The molecule has 8 heteroatoms. The molecule has 8 nitrogen and oxygen atoms in total. The van der Waals surface area contributed by atoms with E-state index in [-0.39, 0.29) is 5.91 Å². The minimum absolute atomic E-state index is 0.00824. The van der Waals surface area contributed by atoms with Gasteiger partial charge in [0.1, 0.15) is 5.56 Å². The Balaban J connectivity index is 1.31. The number of piperazine rings is 1. The first-order valence-corrected chi connectivity index (χ1v) is 10.9. The van der Waals surface area contributed by atoms with Gasteiger partial charge in [0.25, 0.3) is 5.91 Å². The highest BCUT2D eigenvalue weighted by Crippen LogP contribution is 2.22. The van der Waals surface area contributed by atoms with Gasteiger partial charge in [0.2, 0.25) is 0 Å². The van der Waals surface area contributed by atoms with Crippen molar-refractivity contribution in [2.45, 2.75) is 20.4 Å². The lowest BCUT2D eigenvalue weighted by molar-refractivity contribution is 0.0629. The topological polar surface area (TPSA) is 71.6 Å². The highest BCUT2D eigenvalue weighted by molar-refractivity contribution is 6.00. The van der Waals surface area contributed by atoms with Crippen LogP contribution in [0.1, 0.15) is 27.3 Å². The molecule has 1 aliphatic rings. The van der Waals surface area contributed by atoms with Crippen molar-refractivity contribution in [1.82, 2.24) is 34.2 Å². The molecule has 5 rings (SSSR count). The Hall–Kier alpha value is -3.52. The van der Waals surface area contributed by atoms with Crippen molar-refractivity contribution < 1.29 is 4.79 Å². The largest absolute Gasteiger partial charge is 0.336 e. The molecule has 4 heterocycles. The van der Waals surface area contributed by atoms with Crippen molar-refractivity contribution in [2.24, 2.45) is 7.05 Å². The number of fused-ring (bicyclic) bond motifs is 1. The van der Waals surface area contributed by atoms with Gasteiger partial charge >= 0.3 is 0 Å². The Morgan fingerprint density at radius 2 is 1.78 bits per heavy atom. The Kier molecular flexibility index (Phi) is 5.22. The maximum atomic E-state index is 13.3. The summed E-state index contributed by atoms with van der Waals surface area (Å²) in [5, 5.41) is 9.01. The number of benzene rings is 1. The Labute approximate surface area is 187 Å². The van der Waals surface area contributed by atoms with Crippen LogP contribution in [0, 0.1) is 13.8 Å². The molecule has 0 atom stereocenters. The van der Waals surface area contributed by atoms with Crippen molar-refractivity contribution in [3.8, 4) is 11.3 Å². The van der Waals surface area contributed by atoms with Gasteiger partial charge < -0.3 is 4.90 Å². The predicted octanol–water partition coefficient (Wildman–Crippen LogP) is 2.70. The van der Waals surface area contributed by atoms with Crippen molar-refractivity contribution >= 4 is 11.6 Å². The maximum Gasteiger partial charge on any atom is 0.259 e. The molecule has 0 N–H and O–H groups in total. The average Bonchev–Trinajstić information content (AvgIpc) is 3.36. The zero-order valence-corrected chi connectivity index (χ0v) is 18.7. The van der Waals surface area contributed by atoms with Gasteiger partial charge in [-0.05, 0) is 19.9 Å². The van der Waals surface area contributed by atoms with Crippen LogP contribution in [-0.4, -0.2) is 66.3 Å². The van der Waals surface area contributed by atoms with Crippen LogP contribution in [0.4, 0.5) is 0 Å². The summed E-state index contributed by atoms with van der Waals surface area (Å²) in [6, 6.07) is 11.9. The van der Waals surface area contributed by atoms with Crippen LogP contribution in [0.5, 0.6) is 0 Å². The molecule has 1 amide bonds. The zero-order valence-electron chi connectivity index (χ0n) is 18.7. The zero-order chi connectivity index (χ0) is 22.2. The number of nitrogens with zero attached hydrogens (tertiary/aromatic N) is 7. The standard InChI is InChI=1S/C24H27N7O/c1-17-21(18(2)28(3)27-17)16-29-11-13-30(14-12-29)24(32)20-15-26-31-22(9-10-25-23(20)31)19-7-5-4-6-8-19/h4-10,15H,11-14,16H2,1-3H3. The van der Waals surface area contributed by atoms with Crippen LogP contribution < -0.4 is 0 Å². The van der Waals surface area contributed by atoms with Gasteiger partial charge in [0.15, 0.2) is 5.65 Å². The molecule has 0 radical (unpaired) electrons. The van der Waals surface area contributed by atoms with Crippen LogP contribution in [0.25, 0.3) is 16.9 Å². The molecule has 0 aliphatic carbocycles. The lowest BCUT2D eigenvalue weighted by Gasteiger charge is -2.34. The molecule has 0 spiro atoms. The van der Waals surface area contributed by atoms with Crippen LogP contribution in [0.3, 0.4) is 0 Å². The number of carbonyl (C=O) groups is 1. The summed E-state index contributed by atoms with van der Waals surface area (Å²) < 4.78 is 3.69. The van der Waals surface area contributed by atoms with Gasteiger partial charge in [0, 0.05) is 62.8 Å². The fraction of sp³-hybridized carbons (Fsp3) is 0.333. The van der Waals surface area contributed by atoms with E-state index in [0.717, 1.165) is 36.6 Å². The third kappa shape index (κ3) is 3.56. The quantitative estimate of drug-likeness (QED) is 0.499. The summed E-state index contributed by atoms with van der Waals surface area (Å²) in [5.41, 5.74) is 6.67. The fourth-order valence-corrected chi connectivity index (χ4v) is 4.42. The van der Waals surface area contributed by atoms with Crippen molar-refractivity contribution in [2.75, 3.05) is 26.2 Å². The molecule has 1 aliphatic heterocycles. The molecular weight excluding hydrogens is 402 g/mol. The van der Waals surface area contributed by atoms with E-state index in [4.69, 9.17) is 0 Å². The van der Waals surface area contributed by atoms with Gasteiger partial charge in [-0.15, -0.1) is 0 Å². The minimum atomic E-state index is -0.00824. The lowest BCUT2D eigenvalue weighted by atomic mass is 10.1. The molecule has 1 fully saturated rings. The minimum Gasteiger partial charge on any atom is -0.336 e. The third-order valence-corrected chi connectivity index (χ3v) is 6.40. The van der Waals surface area contributed by atoms with Crippen molar-refractivity contribution in [3.05, 3.63) is 71.3 Å².